The van der Waals surface area contributed by atoms with E-state index in [0.717, 1.165) is 0 Å². The van der Waals surface area contributed by atoms with Crippen LogP contribution in [0.2, 0.25) is 0 Å². The molecule has 0 aliphatic carbocycles. The molecule has 1 N–H and O–H groups in total. The minimum Gasteiger partial charge on any atom is -0.344 e. The van der Waals surface area contributed by atoms with E-state index in [4.69, 9.17) is 0 Å². The zero-order chi connectivity index (χ0) is 14.1. The van der Waals surface area contributed by atoms with Gasteiger partial charge in [0.1, 0.15) is 0 Å². The Kier molecular flexibility index (Phi) is 3.77. The number of likely N-dealkylation sites (tertiary alicyclic amines) is 1. The van der Waals surface area contributed by atoms with Crippen molar-refractivity contribution in [3.8, 4) is 0 Å². The van der Waals surface area contributed by atoms with Crippen LogP contribution in [0.25, 0.3) is 0 Å². The standard InChI is InChI=1S/C8H8F6N2O2/c9-7(10,11)5(17)15-4-1-2-16(3-4)6(18)8(12,13)14/h4H,1-3H2,(H,15,17). The van der Waals surface area contributed by atoms with Gasteiger partial charge in [0, 0.05) is 19.1 Å². The Morgan fingerprint density at radius 2 is 1.61 bits per heavy atom. The molecule has 1 aliphatic rings. The number of amides is 2. The largest absolute Gasteiger partial charge is 0.471 e. The molecule has 2 amide bonds. The van der Waals surface area contributed by atoms with Gasteiger partial charge in [0.25, 0.3) is 0 Å². The van der Waals surface area contributed by atoms with Crippen molar-refractivity contribution in [1.29, 1.82) is 0 Å². The Labute approximate surface area is 96.9 Å². The summed E-state index contributed by atoms with van der Waals surface area (Å²) in [6, 6.07) is -1.12. The van der Waals surface area contributed by atoms with Gasteiger partial charge in [-0.3, -0.25) is 9.59 Å². The number of halogens is 6. The fraction of sp³-hybridized carbons (Fsp3) is 0.750. The number of alkyl halides is 6. The van der Waals surface area contributed by atoms with Crippen LogP contribution in [0.3, 0.4) is 0 Å². The Morgan fingerprint density at radius 3 is 2.06 bits per heavy atom. The van der Waals surface area contributed by atoms with Gasteiger partial charge in [-0.15, -0.1) is 0 Å². The summed E-state index contributed by atoms with van der Waals surface area (Å²) in [6.07, 6.45) is -10.3. The third kappa shape index (κ3) is 3.50. The first-order valence-corrected chi connectivity index (χ1v) is 4.75. The highest BCUT2D eigenvalue weighted by Gasteiger charge is 2.46. The summed E-state index contributed by atoms with van der Waals surface area (Å²) in [6.45, 7) is -0.929. The van der Waals surface area contributed by atoms with Crippen LogP contribution < -0.4 is 5.32 Å². The first kappa shape index (κ1) is 14.6. The Balaban J connectivity index is 2.53. The molecule has 1 heterocycles. The zero-order valence-corrected chi connectivity index (χ0v) is 8.73. The van der Waals surface area contributed by atoms with Crippen LogP contribution in [0.1, 0.15) is 6.42 Å². The van der Waals surface area contributed by atoms with Crippen molar-refractivity contribution < 1.29 is 35.9 Å². The van der Waals surface area contributed by atoms with Gasteiger partial charge in [0.2, 0.25) is 0 Å². The lowest BCUT2D eigenvalue weighted by Crippen LogP contribution is -2.46. The molecule has 0 bridgehead atoms. The predicted molar refractivity (Wildman–Crippen MR) is 45.2 cm³/mol. The van der Waals surface area contributed by atoms with E-state index in [9.17, 15) is 35.9 Å². The van der Waals surface area contributed by atoms with Crippen molar-refractivity contribution in [3.63, 3.8) is 0 Å². The molecule has 1 atom stereocenters. The summed E-state index contributed by atoms with van der Waals surface area (Å²) in [5.41, 5.74) is 0. The van der Waals surface area contributed by atoms with Crippen LogP contribution in [-0.2, 0) is 9.59 Å². The molecule has 1 rings (SSSR count). The number of hydrogen-bond acceptors (Lipinski definition) is 2. The smallest absolute Gasteiger partial charge is 0.344 e. The second-order valence-corrected chi connectivity index (χ2v) is 3.71. The number of rotatable bonds is 1. The number of carbonyl (C=O) groups excluding carboxylic acids is 2. The van der Waals surface area contributed by atoms with Crippen molar-refractivity contribution in [2.75, 3.05) is 13.1 Å². The van der Waals surface area contributed by atoms with Gasteiger partial charge < -0.3 is 10.2 Å². The molecule has 0 aromatic heterocycles. The molecular formula is C8H8F6N2O2. The summed E-state index contributed by atoms with van der Waals surface area (Å²) >= 11 is 0. The monoisotopic (exact) mass is 278 g/mol. The molecule has 0 aromatic rings. The highest BCUT2D eigenvalue weighted by atomic mass is 19.4. The van der Waals surface area contributed by atoms with Gasteiger partial charge in [-0.05, 0) is 6.42 Å². The highest BCUT2D eigenvalue weighted by Crippen LogP contribution is 2.22. The van der Waals surface area contributed by atoms with Crippen LogP contribution in [0.5, 0.6) is 0 Å². The molecule has 0 saturated carbocycles. The summed E-state index contributed by atoms with van der Waals surface area (Å²) in [7, 11) is 0. The van der Waals surface area contributed by atoms with Gasteiger partial charge in [-0.2, -0.15) is 26.3 Å². The van der Waals surface area contributed by atoms with E-state index in [-0.39, 0.29) is 13.0 Å². The van der Waals surface area contributed by atoms with Crippen LogP contribution >= 0.6 is 0 Å². The Bertz CT molecular complexity index is 350. The fourth-order valence-electron chi connectivity index (χ4n) is 1.51. The number of nitrogens with one attached hydrogen (secondary N) is 1. The first-order chi connectivity index (χ1) is 8.01. The molecule has 1 aliphatic heterocycles. The summed E-state index contributed by atoms with van der Waals surface area (Å²) in [5.74, 6) is -4.35. The van der Waals surface area contributed by atoms with Crippen LogP contribution in [0, 0.1) is 0 Å². The lowest BCUT2D eigenvalue weighted by atomic mass is 10.2. The SMILES string of the molecule is O=C(NC1CCN(C(=O)C(F)(F)F)C1)C(F)(F)F. The van der Waals surface area contributed by atoms with Crippen LogP contribution in [-0.4, -0.2) is 48.2 Å². The molecule has 1 unspecified atom stereocenters. The van der Waals surface area contributed by atoms with Gasteiger partial charge >= 0.3 is 24.2 Å². The predicted octanol–water partition coefficient (Wildman–Crippen LogP) is 0.828. The quantitative estimate of drug-likeness (QED) is 0.722. The van der Waals surface area contributed by atoms with Gasteiger partial charge in [-0.25, -0.2) is 0 Å². The first-order valence-electron chi connectivity index (χ1n) is 4.75. The van der Waals surface area contributed by atoms with E-state index in [0.29, 0.717) is 4.90 Å². The second-order valence-electron chi connectivity index (χ2n) is 3.71. The lowest BCUT2D eigenvalue weighted by Gasteiger charge is -2.18. The Morgan fingerprint density at radius 1 is 1.06 bits per heavy atom. The van der Waals surface area contributed by atoms with Crippen molar-refractivity contribution in [3.05, 3.63) is 0 Å². The van der Waals surface area contributed by atoms with Crippen molar-refractivity contribution in [1.82, 2.24) is 10.2 Å². The van der Waals surface area contributed by atoms with Crippen molar-refractivity contribution in [2.24, 2.45) is 0 Å². The van der Waals surface area contributed by atoms with E-state index < -0.39 is 36.8 Å². The van der Waals surface area contributed by atoms with Gasteiger partial charge in [0.05, 0.1) is 0 Å². The van der Waals surface area contributed by atoms with E-state index in [1.807, 2.05) is 0 Å². The third-order valence-electron chi connectivity index (χ3n) is 2.31. The number of nitrogens with zero attached hydrogens (tertiary/aromatic N) is 1. The molecule has 18 heavy (non-hydrogen) atoms. The molecule has 0 radical (unpaired) electrons. The summed E-state index contributed by atoms with van der Waals surface area (Å²) in [4.78, 5) is 21.7. The van der Waals surface area contributed by atoms with E-state index >= 15 is 0 Å². The highest BCUT2D eigenvalue weighted by molar-refractivity contribution is 5.83. The lowest BCUT2D eigenvalue weighted by molar-refractivity contribution is -0.184. The number of hydrogen-bond donors (Lipinski definition) is 1. The second kappa shape index (κ2) is 4.65. The summed E-state index contributed by atoms with van der Waals surface area (Å²) < 4.78 is 71.7. The summed E-state index contributed by atoms with van der Waals surface area (Å²) in [5, 5.41) is 1.53. The molecule has 0 aromatic carbocycles. The minimum absolute atomic E-state index is 0.149. The molecule has 0 spiro atoms. The zero-order valence-electron chi connectivity index (χ0n) is 8.73. The Hall–Kier alpha value is -1.48. The third-order valence-corrected chi connectivity index (χ3v) is 2.31. The topological polar surface area (TPSA) is 49.4 Å². The molecule has 104 valence electrons. The minimum atomic E-state index is -5.10. The number of carbonyl (C=O) groups is 2. The van der Waals surface area contributed by atoms with E-state index in [1.165, 1.54) is 5.32 Å². The van der Waals surface area contributed by atoms with E-state index in [2.05, 4.69) is 0 Å². The van der Waals surface area contributed by atoms with Crippen molar-refractivity contribution in [2.45, 2.75) is 24.8 Å². The van der Waals surface area contributed by atoms with Gasteiger partial charge in [0.15, 0.2) is 0 Å². The average Bonchev–Trinajstić information content (AvgIpc) is 2.62. The van der Waals surface area contributed by atoms with Crippen molar-refractivity contribution >= 4 is 11.8 Å². The molecule has 4 nitrogen and oxygen atoms in total. The van der Waals surface area contributed by atoms with Gasteiger partial charge in [-0.1, -0.05) is 0 Å². The molecule has 1 saturated heterocycles. The maximum absolute atomic E-state index is 12.0. The normalized spacial score (nSPS) is 21.0. The molecular weight excluding hydrogens is 270 g/mol. The molecule has 10 heteroatoms. The maximum Gasteiger partial charge on any atom is 0.471 e. The van der Waals surface area contributed by atoms with E-state index in [1.54, 1.807) is 0 Å². The average molecular weight is 278 g/mol. The van der Waals surface area contributed by atoms with Crippen LogP contribution in [0.15, 0.2) is 0 Å². The molecule has 1 fully saturated rings. The van der Waals surface area contributed by atoms with Crippen LogP contribution in [0.4, 0.5) is 26.3 Å². The fourth-order valence-corrected chi connectivity index (χ4v) is 1.51. The maximum atomic E-state index is 12.0.